The fourth-order valence-corrected chi connectivity index (χ4v) is 2.37. The Morgan fingerprint density at radius 1 is 1.28 bits per heavy atom. The molecule has 0 aliphatic rings. The predicted octanol–water partition coefficient (Wildman–Crippen LogP) is 3.27. The summed E-state index contributed by atoms with van der Waals surface area (Å²) in [7, 11) is 0. The van der Waals surface area contributed by atoms with E-state index in [0.29, 0.717) is 11.6 Å². The van der Waals surface area contributed by atoms with Crippen LogP contribution in [0.15, 0.2) is 24.5 Å². The summed E-state index contributed by atoms with van der Waals surface area (Å²) >= 11 is 11.7. The predicted molar refractivity (Wildman–Crippen MR) is 95.0 cm³/mol. The fraction of sp³-hybridized carbons (Fsp3) is 0.214. The van der Waals surface area contributed by atoms with Crippen molar-refractivity contribution in [2.75, 3.05) is 17.3 Å². The number of nitrogens with one attached hydrogen (secondary N) is 3. The molecule has 0 fully saturated rings. The van der Waals surface area contributed by atoms with Crippen molar-refractivity contribution in [1.29, 1.82) is 0 Å². The van der Waals surface area contributed by atoms with Gasteiger partial charge >= 0.3 is 5.69 Å². The molecule has 1 aromatic heterocycles. The van der Waals surface area contributed by atoms with E-state index in [2.05, 4.69) is 26.1 Å². The summed E-state index contributed by atoms with van der Waals surface area (Å²) < 4.78 is 0. The molecular formula is C14H14Cl2N6O3. The van der Waals surface area contributed by atoms with Crippen LogP contribution in [0.4, 0.5) is 17.3 Å². The zero-order chi connectivity index (χ0) is 18.4. The molecule has 0 spiro atoms. The number of amides is 1. The smallest absolute Gasteiger partial charge is 0.354 e. The van der Waals surface area contributed by atoms with Crippen LogP contribution in [0.25, 0.3) is 0 Å². The molecule has 0 aliphatic carbocycles. The van der Waals surface area contributed by atoms with E-state index in [1.54, 1.807) is 0 Å². The van der Waals surface area contributed by atoms with Crippen molar-refractivity contribution in [2.45, 2.75) is 13.3 Å². The first-order valence-electron chi connectivity index (χ1n) is 7.18. The van der Waals surface area contributed by atoms with Crippen molar-refractivity contribution in [1.82, 2.24) is 15.4 Å². The van der Waals surface area contributed by atoms with Crippen LogP contribution in [-0.4, -0.2) is 27.3 Å². The third-order valence-electron chi connectivity index (χ3n) is 3.02. The molecule has 1 aromatic carbocycles. The van der Waals surface area contributed by atoms with Gasteiger partial charge in [-0.1, -0.05) is 30.1 Å². The van der Waals surface area contributed by atoms with Crippen molar-refractivity contribution in [3.05, 3.63) is 50.2 Å². The Morgan fingerprint density at radius 3 is 2.64 bits per heavy atom. The van der Waals surface area contributed by atoms with Gasteiger partial charge in [-0.05, 0) is 24.6 Å². The van der Waals surface area contributed by atoms with E-state index in [1.165, 1.54) is 18.2 Å². The third kappa shape index (κ3) is 4.68. The molecule has 0 bridgehead atoms. The molecule has 9 nitrogen and oxygen atoms in total. The Balaban J connectivity index is 2.19. The molecule has 25 heavy (non-hydrogen) atoms. The number of hydrogen-bond donors (Lipinski definition) is 3. The molecule has 0 unspecified atom stereocenters. The van der Waals surface area contributed by atoms with E-state index < -0.39 is 10.8 Å². The largest absolute Gasteiger partial charge is 0.364 e. The molecule has 3 N–H and O–H groups in total. The minimum atomic E-state index is -0.637. The first-order valence-corrected chi connectivity index (χ1v) is 7.94. The summed E-state index contributed by atoms with van der Waals surface area (Å²) in [5.74, 6) is -0.696. The molecule has 1 amide bonds. The van der Waals surface area contributed by atoms with Gasteiger partial charge in [0.2, 0.25) is 11.6 Å². The van der Waals surface area contributed by atoms with Gasteiger partial charge in [-0.15, -0.1) is 0 Å². The summed E-state index contributed by atoms with van der Waals surface area (Å²) in [5, 5.41) is 14.7. The fourth-order valence-electron chi connectivity index (χ4n) is 1.87. The molecule has 2 rings (SSSR count). The highest BCUT2D eigenvalue weighted by Gasteiger charge is 2.23. The van der Waals surface area contributed by atoms with E-state index in [9.17, 15) is 14.9 Å². The van der Waals surface area contributed by atoms with Crippen molar-refractivity contribution in [3.63, 3.8) is 0 Å². The van der Waals surface area contributed by atoms with Crippen molar-refractivity contribution < 1.29 is 9.72 Å². The number of carbonyl (C=O) groups is 1. The van der Waals surface area contributed by atoms with Gasteiger partial charge in [0.1, 0.15) is 6.33 Å². The SMILES string of the molecule is CCCNc1ncnc(NNC(=O)c2ccc(Cl)cc2Cl)c1[N+](=O)[O-]. The van der Waals surface area contributed by atoms with E-state index in [4.69, 9.17) is 23.2 Å². The molecule has 1 heterocycles. The second-order valence-electron chi connectivity index (χ2n) is 4.81. The highest BCUT2D eigenvalue weighted by atomic mass is 35.5. The number of rotatable bonds is 7. The Labute approximate surface area is 152 Å². The molecule has 0 aliphatic heterocycles. The lowest BCUT2D eigenvalue weighted by Gasteiger charge is -2.11. The molecule has 0 atom stereocenters. The molecule has 0 saturated heterocycles. The zero-order valence-electron chi connectivity index (χ0n) is 13.0. The van der Waals surface area contributed by atoms with Gasteiger partial charge in [0.25, 0.3) is 5.91 Å². The van der Waals surface area contributed by atoms with Crippen LogP contribution in [-0.2, 0) is 0 Å². The average molecular weight is 385 g/mol. The van der Waals surface area contributed by atoms with Crippen LogP contribution in [0.2, 0.25) is 10.0 Å². The second kappa shape index (κ2) is 8.45. The van der Waals surface area contributed by atoms with Gasteiger partial charge in [0.05, 0.1) is 15.5 Å². The standard InChI is InChI=1S/C14H14Cl2N6O3/c1-2-5-17-12-11(22(24)25)13(19-7-18-12)20-21-14(23)9-4-3-8(15)6-10(9)16/h3-4,6-7H,2,5H2,1H3,(H,21,23)(H2,17,18,19,20). The van der Waals surface area contributed by atoms with E-state index in [1.807, 2.05) is 6.92 Å². The number of aromatic nitrogens is 2. The molecule has 11 heteroatoms. The van der Waals surface area contributed by atoms with Crippen molar-refractivity contribution in [2.24, 2.45) is 0 Å². The Morgan fingerprint density at radius 2 is 2.00 bits per heavy atom. The van der Waals surface area contributed by atoms with E-state index in [-0.39, 0.29) is 27.9 Å². The number of anilines is 2. The van der Waals surface area contributed by atoms with Crippen LogP contribution in [0.1, 0.15) is 23.7 Å². The molecule has 0 saturated carbocycles. The van der Waals surface area contributed by atoms with Crippen molar-refractivity contribution >= 4 is 46.4 Å². The monoisotopic (exact) mass is 384 g/mol. The van der Waals surface area contributed by atoms with E-state index >= 15 is 0 Å². The van der Waals surface area contributed by atoms with Gasteiger partial charge in [0, 0.05) is 11.6 Å². The molecule has 132 valence electrons. The number of hydrazine groups is 1. The van der Waals surface area contributed by atoms with Gasteiger partial charge in [-0.25, -0.2) is 9.97 Å². The third-order valence-corrected chi connectivity index (χ3v) is 3.57. The topological polar surface area (TPSA) is 122 Å². The molecular weight excluding hydrogens is 371 g/mol. The lowest BCUT2D eigenvalue weighted by atomic mass is 10.2. The highest BCUT2D eigenvalue weighted by molar-refractivity contribution is 6.36. The van der Waals surface area contributed by atoms with Crippen LogP contribution >= 0.6 is 23.2 Å². The number of carbonyl (C=O) groups excluding carboxylic acids is 1. The normalized spacial score (nSPS) is 10.2. The molecule has 2 aromatic rings. The maximum atomic E-state index is 12.2. The van der Waals surface area contributed by atoms with E-state index in [0.717, 1.165) is 12.7 Å². The average Bonchev–Trinajstić information content (AvgIpc) is 2.57. The van der Waals surface area contributed by atoms with Gasteiger partial charge in [0.15, 0.2) is 0 Å². The minimum absolute atomic E-state index is 0.0584. The second-order valence-corrected chi connectivity index (χ2v) is 5.65. The molecule has 0 radical (unpaired) electrons. The highest BCUT2D eigenvalue weighted by Crippen LogP contribution is 2.28. The van der Waals surface area contributed by atoms with Crippen LogP contribution in [0.5, 0.6) is 0 Å². The zero-order valence-corrected chi connectivity index (χ0v) is 14.6. The maximum absolute atomic E-state index is 12.2. The lowest BCUT2D eigenvalue weighted by molar-refractivity contribution is -0.383. The first kappa shape index (κ1) is 18.7. The first-order chi connectivity index (χ1) is 11.9. The number of halogens is 2. The number of nitro groups is 1. The van der Waals surface area contributed by atoms with Crippen molar-refractivity contribution in [3.8, 4) is 0 Å². The summed E-state index contributed by atoms with van der Waals surface area (Å²) in [4.78, 5) is 30.5. The van der Waals surface area contributed by atoms with Gasteiger partial charge in [-0.3, -0.25) is 25.8 Å². The number of nitrogens with zero attached hydrogens (tertiary/aromatic N) is 3. The van der Waals surface area contributed by atoms with Gasteiger partial charge < -0.3 is 5.32 Å². The quantitative estimate of drug-likeness (QED) is 0.494. The van der Waals surface area contributed by atoms with Crippen LogP contribution < -0.4 is 16.2 Å². The van der Waals surface area contributed by atoms with Crippen LogP contribution in [0, 0.1) is 10.1 Å². The Bertz CT molecular complexity index is 802. The Kier molecular flexibility index (Phi) is 6.31. The maximum Gasteiger partial charge on any atom is 0.354 e. The number of hydrogen-bond acceptors (Lipinski definition) is 7. The summed E-state index contributed by atoms with van der Waals surface area (Å²) in [6.45, 7) is 2.42. The number of benzene rings is 1. The lowest BCUT2D eigenvalue weighted by Crippen LogP contribution is -2.30. The Hall–Kier alpha value is -2.65. The summed E-state index contributed by atoms with van der Waals surface area (Å²) in [6.07, 6.45) is 1.91. The van der Waals surface area contributed by atoms with Crippen LogP contribution in [0.3, 0.4) is 0 Å². The minimum Gasteiger partial charge on any atom is -0.364 e. The summed E-state index contributed by atoms with van der Waals surface area (Å²) in [5.41, 5.74) is 4.52. The van der Waals surface area contributed by atoms with Gasteiger partial charge in [-0.2, -0.15) is 0 Å². The summed E-state index contributed by atoms with van der Waals surface area (Å²) in [6, 6.07) is 4.35.